The highest BCUT2D eigenvalue weighted by Gasteiger charge is 2.10. The van der Waals surface area contributed by atoms with Crippen LogP contribution in [0.1, 0.15) is 29.7 Å². The molecular weight excluding hydrogens is 271 g/mol. The fourth-order valence-corrected chi connectivity index (χ4v) is 2.12. The maximum atomic E-state index is 13.8. The van der Waals surface area contributed by atoms with Gasteiger partial charge >= 0.3 is 0 Å². The first kappa shape index (κ1) is 15.3. The second kappa shape index (κ2) is 6.59. The topological polar surface area (TPSA) is 38.7 Å². The Morgan fingerprint density at radius 3 is 2.57 bits per heavy atom. The molecule has 112 valence electrons. The van der Waals surface area contributed by atoms with E-state index in [4.69, 9.17) is 9.47 Å². The van der Waals surface area contributed by atoms with Gasteiger partial charge in [-0.05, 0) is 38.1 Å². The molecule has 1 N–H and O–H groups in total. The van der Waals surface area contributed by atoms with Crippen molar-refractivity contribution in [2.45, 2.75) is 26.6 Å². The van der Waals surface area contributed by atoms with Crippen molar-refractivity contribution in [3.8, 4) is 11.5 Å². The van der Waals surface area contributed by atoms with Crippen LogP contribution in [0.25, 0.3) is 0 Å². The average Bonchev–Trinajstić information content (AvgIpc) is 2.45. The van der Waals surface area contributed by atoms with Gasteiger partial charge in [0.2, 0.25) is 0 Å². The summed E-state index contributed by atoms with van der Waals surface area (Å²) in [7, 11) is 1.60. The van der Waals surface area contributed by atoms with Gasteiger partial charge in [-0.25, -0.2) is 4.39 Å². The van der Waals surface area contributed by atoms with Crippen LogP contribution in [0.3, 0.4) is 0 Å². The monoisotopic (exact) mass is 290 g/mol. The fourth-order valence-electron chi connectivity index (χ4n) is 2.12. The molecule has 0 saturated carbocycles. The first-order chi connectivity index (χ1) is 10.0. The van der Waals surface area contributed by atoms with Crippen LogP contribution in [0.2, 0.25) is 0 Å². The molecule has 0 fully saturated rings. The number of aryl methyl sites for hydroxylation is 1. The molecule has 0 spiro atoms. The lowest BCUT2D eigenvalue weighted by atomic mass is 10.1. The number of benzene rings is 2. The van der Waals surface area contributed by atoms with E-state index in [1.54, 1.807) is 13.2 Å². The van der Waals surface area contributed by atoms with Crippen molar-refractivity contribution >= 4 is 0 Å². The summed E-state index contributed by atoms with van der Waals surface area (Å²) < 4.78 is 24.7. The van der Waals surface area contributed by atoms with Gasteiger partial charge in [-0.1, -0.05) is 11.6 Å². The van der Waals surface area contributed by atoms with Crippen LogP contribution in [-0.2, 0) is 6.61 Å². The van der Waals surface area contributed by atoms with E-state index >= 15 is 0 Å². The Balaban J connectivity index is 2.13. The fraction of sp³-hybridized carbons (Fsp3) is 0.294. The Labute approximate surface area is 124 Å². The molecule has 0 bridgehead atoms. The van der Waals surface area contributed by atoms with Crippen LogP contribution in [0, 0.1) is 12.7 Å². The standard InChI is InChI=1S/C17H19FO3/c1-11-4-7-17(20-3)13(8-11)10-21-14-5-6-15(12(2)19)16(18)9-14/h4-9,12,19H,10H2,1-3H3/t12-/m1/s1. The van der Waals surface area contributed by atoms with Gasteiger partial charge in [0.25, 0.3) is 0 Å². The first-order valence-corrected chi connectivity index (χ1v) is 6.75. The van der Waals surface area contributed by atoms with Gasteiger partial charge in [-0.15, -0.1) is 0 Å². The van der Waals surface area contributed by atoms with Crippen LogP contribution < -0.4 is 9.47 Å². The maximum absolute atomic E-state index is 13.8. The molecule has 0 heterocycles. The van der Waals surface area contributed by atoms with Crippen molar-refractivity contribution < 1.29 is 19.0 Å². The molecule has 0 unspecified atom stereocenters. The summed E-state index contributed by atoms with van der Waals surface area (Å²) in [6.45, 7) is 3.80. The predicted octanol–water partition coefficient (Wildman–Crippen LogP) is 3.78. The van der Waals surface area contributed by atoms with E-state index < -0.39 is 11.9 Å². The van der Waals surface area contributed by atoms with Crippen LogP contribution in [0.4, 0.5) is 4.39 Å². The molecule has 2 rings (SSSR count). The molecular formula is C17H19FO3. The van der Waals surface area contributed by atoms with Crippen molar-refractivity contribution in [2.24, 2.45) is 0 Å². The Hall–Kier alpha value is -2.07. The summed E-state index contributed by atoms with van der Waals surface area (Å²) in [4.78, 5) is 0. The molecule has 0 aliphatic carbocycles. The maximum Gasteiger partial charge on any atom is 0.132 e. The molecule has 3 nitrogen and oxygen atoms in total. The van der Waals surface area contributed by atoms with Crippen molar-refractivity contribution in [3.05, 3.63) is 58.9 Å². The third kappa shape index (κ3) is 3.73. The number of aliphatic hydroxyl groups excluding tert-OH is 1. The minimum Gasteiger partial charge on any atom is -0.496 e. The highest BCUT2D eigenvalue weighted by atomic mass is 19.1. The molecule has 4 heteroatoms. The highest BCUT2D eigenvalue weighted by Crippen LogP contribution is 2.25. The zero-order valence-electron chi connectivity index (χ0n) is 12.4. The second-order valence-corrected chi connectivity index (χ2v) is 4.96. The molecule has 0 amide bonds. The number of halogens is 1. The Morgan fingerprint density at radius 2 is 1.95 bits per heavy atom. The third-order valence-corrected chi connectivity index (χ3v) is 3.25. The minimum atomic E-state index is -0.837. The van der Waals surface area contributed by atoms with Gasteiger partial charge in [0.05, 0.1) is 13.2 Å². The molecule has 0 aromatic heterocycles. The second-order valence-electron chi connectivity index (χ2n) is 4.96. The number of hydrogen-bond donors (Lipinski definition) is 1. The third-order valence-electron chi connectivity index (χ3n) is 3.25. The van der Waals surface area contributed by atoms with E-state index in [0.29, 0.717) is 5.75 Å². The van der Waals surface area contributed by atoms with Crippen molar-refractivity contribution in [2.75, 3.05) is 7.11 Å². The summed E-state index contributed by atoms with van der Waals surface area (Å²) in [6.07, 6.45) is -0.837. The number of aliphatic hydroxyl groups is 1. The quantitative estimate of drug-likeness (QED) is 0.911. The van der Waals surface area contributed by atoms with E-state index in [0.717, 1.165) is 16.9 Å². The molecule has 0 aliphatic heterocycles. The average molecular weight is 290 g/mol. The van der Waals surface area contributed by atoms with Crippen molar-refractivity contribution in [1.82, 2.24) is 0 Å². The molecule has 0 aliphatic rings. The summed E-state index contributed by atoms with van der Waals surface area (Å²) in [5, 5.41) is 9.40. The Bertz CT molecular complexity index is 623. The van der Waals surface area contributed by atoms with Crippen LogP contribution in [0.15, 0.2) is 36.4 Å². The molecule has 1 atom stereocenters. The summed E-state index contributed by atoms with van der Waals surface area (Å²) >= 11 is 0. The number of rotatable bonds is 5. The van der Waals surface area contributed by atoms with E-state index in [1.165, 1.54) is 19.1 Å². The van der Waals surface area contributed by atoms with Crippen molar-refractivity contribution in [3.63, 3.8) is 0 Å². The largest absolute Gasteiger partial charge is 0.496 e. The highest BCUT2D eigenvalue weighted by molar-refractivity contribution is 5.37. The zero-order valence-corrected chi connectivity index (χ0v) is 12.4. The van der Waals surface area contributed by atoms with Crippen molar-refractivity contribution in [1.29, 1.82) is 0 Å². The molecule has 0 radical (unpaired) electrons. The van der Waals surface area contributed by atoms with Crippen LogP contribution >= 0.6 is 0 Å². The minimum absolute atomic E-state index is 0.260. The van der Waals surface area contributed by atoms with Gasteiger partial charge < -0.3 is 14.6 Å². The number of methoxy groups -OCH3 is 1. The van der Waals surface area contributed by atoms with E-state index in [-0.39, 0.29) is 12.2 Å². The summed E-state index contributed by atoms with van der Waals surface area (Å²) in [5.41, 5.74) is 2.26. The van der Waals surface area contributed by atoms with Gasteiger partial charge in [-0.2, -0.15) is 0 Å². The lowest BCUT2D eigenvalue weighted by Crippen LogP contribution is -2.01. The zero-order chi connectivity index (χ0) is 15.4. The van der Waals surface area contributed by atoms with Gasteiger partial charge in [0.1, 0.15) is 23.9 Å². The summed E-state index contributed by atoms with van der Waals surface area (Å²) in [5.74, 6) is 0.681. The van der Waals surface area contributed by atoms with Gasteiger partial charge in [-0.3, -0.25) is 0 Å². The Morgan fingerprint density at radius 1 is 1.19 bits per heavy atom. The molecule has 0 saturated heterocycles. The summed E-state index contributed by atoms with van der Waals surface area (Å²) in [6, 6.07) is 10.3. The Kier molecular flexibility index (Phi) is 4.81. The van der Waals surface area contributed by atoms with E-state index in [1.807, 2.05) is 25.1 Å². The lowest BCUT2D eigenvalue weighted by Gasteiger charge is -2.12. The first-order valence-electron chi connectivity index (χ1n) is 6.75. The SMILES string of the molecule is COc1ccc(C)cc1COc1ccc([C@@H](C)O)c(F)c1. The van der Waals surface area contributed by atoms with E-state index in [2.05, 4.69) is 0 Å². The predicted molar refractivity (Wildman–Crippen MR) is 79.1 cm³/mol. The van der Waals surface area contributed by atoms with Gasteiger partial charge in [0, 0.05) is 17.2 Å². The molecule has 2 aromatic carbocycles. The normalized spacial score (nSPS) is 12.0. The van der Waals surface area contributed by atoms with Crippen LogP contribution in [-0.4, -0.2) is 12.2 Å². The molecule has 2 aromatic rings. The van der Waals surface area contributed by atoms with Crippen LogP contribution in [0.5, 0.6) is 11.5 Å². The number of hydrogen-bond acceptors (Lipinski definition) is 3. The van der Waals surface area contributed by atoms with Gasteiger partial charge in [0.15, 0.2) is 0 Å². The lowest BCUT2D eigenvalue weighted by molar-refractivity contribution is 0.194. The van der Waals surface area contributed by atoms with E-state index in [9.17, 15) is 9.50 Å². The smallest absolute Gasteiger partial charge is 0.132 e. The molecule has 21 heavy (non-hydrogen) atoms. The number of ether oxygens (including phenoxy) is 2.